The van der Waals surface area contributed by atoms with Crippen molar-refractivity contribution in [3.8, 4) is 11.5 Å². The van der Waals surface area contributed by atoms with Crippen LogP contribution in [0.4, 0.5) is 5.69 Å². The summed E-state index contributed by atoms with van der Waals surface area (Å²) in [7, 11) is 0. The molecule has 2 aromatic rings. The molecule has 1 aromatic carbocycles. The molecule has 98 valence electrons. The third-order valence-corrected chi connectivity index (χ3v) is 3.33. The van der Waals surface area contributed by atoms with Gasteiger partial charge in [-0.25, -0.2) is 4.98 Å². The highest BCUT2D eigenvalue weighted by atomic mass is 16.3. The predicted octanol–water partition coefficient (Wildman–Crippen LogP) is 2.21. The molecule has 3 rings (SSSR count). The van der Waals surface area contributed by atoms with Gasteiger partial charge >= 0.3 is 0 Å². The van der Waals surface area contributed by atoms with Gasteiger partial charge in [0.05, 0.1) is 0 Å². The van der Waals surface area contributed by atoms with Gasteiger partial charge in [-0.05, 0) is 43.5 Å². The van der Waals surface area contributed by atoms with Crippen LogP contribution in [0.5, 0.6) is 0 Å². The number of hydrogen-bond acceptors (Lipinski definition) is 4. The van der Waals surface area contributed by atoms with E-state index in [2.05, 4.69) is 10.3 Å². The van der Waals surface area contributed by atoms with Crippen molar-refractivity contribution in [2.45, 2.75) is 25.3 Å². The normalized spacial score (nSPS) is 14.9. The number of rotatable bonds is 3. The summed E-state index contributed by atoms with van der Waals surface area (Å²) >= 11 is 0. The van der Waals surface area contributed by atoms with Gasteiger partial charge in [-0.3, -0.25) is 4.79 Å². The fraction of sp³-hybridized carbons (Fsp3) is 0.286. The first kappa shape index (κ1) is 11.8. The summed E-state index contributed by atoms with van der Waals surface area (Å²) in [6.45, 7) is 0. The highest BCUT2D eigenvalue weighted by Crippen LogP contribution is 2.21. The lowest BCUT2D eigenvalue weighted by Gasteiger charge is -2.25. The summed E-state index contributed by atoms with van der Waals surface area (Å²) in [5, 5.41) is 2.93. The molecule has 3 N–H and O–H groups in total. The lowest BCUT2D eigenvalue weighted by atomic mass is 9.93. The van der Waals surface area contributed by atoms with Crippen molar-refractivity contribution in [1.29, 1.82) is 0 Å². The number of aromatic nitrogens is 1. The first-order valence-corrected chi connectivity index (χ1v) is 6.35. The number of nitrogen functional groups attached to an aromatic ring is 1. The summed E-state index contributed by atoms with van der Waals surface area (Å²) in [5.41, 5.74) is 7.42. The van der Waals surface area contributed by atoms with Crippen LogP contribution in [0.15, 0.2) is 34.9 Å². The zero-order chi connectivity index (χ0) is 13.2. The third kappa shape index (κ3) is 2.45. The average molecular weight is 257 g/mol. The van der Waals surface area contributed by atoms with Crippen LogP contribution in [-0.4, -0.2) is 16.9 Å². The maximum absolute atomic E-state index is 11.9. The lowest BCUT2D eigenvalue weighted by Crippen LogP contribution is -2.39. The van der Waals surface area contributed by atoms with Crippen molar-refractivity contribution < 1.29 is 9.21 Å². The zero-order valence-electron chi connectivity index (χ0n) is 10.4. The lowest BCUT2D eigenvalue weighted by molar-refractivity contribution is 0.0912. The van der Waals surface area contributed by atoms with Gasteiger partial charge in [0.2, 0.25) is 5.89 Å². The summed E-state index contributed by atoms with van der Waals surface area (Å²) in [6, 6.07) is 7.47. The molecule has 1 saturated carbocycles. The molecule has 1 aromatic heterocycles. The Morgan fingerprint density at radius 3 is 2.68 bits per heavy atom. The van der Waals surface area contributed by atoms with E-state index in [4.69, 9.17) is 10.2 Å². The number of carbonyl (C=O) groups excluding carboxylic acids is 1. The van der Waals surface area contributed by atoms with E-state index in [1.165, 1.54) is 12.7 Å². The number of carbonyl (C=O) groups is 1. The van der Waals surface area contributed by atoms with E-state index in [1.54, 1.807) is 12.1 Å². The van der Waals surface area contributed by atoms with Gasteiger partial charge in [-0.1, -0.05) is 0 Å². The summed E-state index contributed by atoms with van der Waals surface area (Å²) in [5.74, 6) is 0.258. The Labute approximate surface area is 110 Å². The number of benzene rings is 1. The van der Waals surface area contributed by atoms with E-state index in [9.17, 15) is 4.79 Å². The average Bonchev–Trinajstić information content (AvgIpc) is 2.84. The molecule has 1 heterocycles. The van der Waals surface area contributed by atoms with Gasteiger partial charge in [0.1, 0.15) is 6.26 Å². The number of hydrogen-bond donors (Lipinski definition) is 2. The van der Waals surface area contributed by atoms with E-state index in [1.807, 2.05) is 12.1 Å². The first-order valence-electron chi connectivity index (χ1n) is 6.35. The minimum Gasteiger partial charge on any atom is -0.444 e. The quantitative estimate of drug-likeness (QED) is 0.826. The standard InChI is InChI=1S/C14H15N3O2/c15-10-6-4-9(5-7-10)14-17-12(8-19-14)13(18)16-11-2-1-3-11/h4-8,11H,1-3,15H2,(H,16,18). The fourth-order valence-corrected chi connectivity index (χ4v) is 1.95. The highest BCUT2D eigenvalue weighted by molar-refractivity contribution is 5.92. The largest absolute Gasteiger partial charge is 0.444 e. The van der Waals surface area contributed by atoms with Crippen molar-refractivity contribution in [2.75, 3.05) is 5.73 Å². The van der Waals surface area contributed by atoms with Crippen LogP contribution in [-0.2, 0) is 0 Å². The molecule has 1 aliphatic rings. The second kappa shape index (κ2) is 4.76. The molecule has 1 aliphatic carbocycles. The molecule has 0 saturated heterocycles. The number of nitrogens with two attached hydrogens (primary N) is 1. The second-order valence-electron chi connectivity index (χ2n) is 4.76. The van der Waals surface area contributed by atoms with E-state index < -0.39 is 0 Å². The third-order valence-electron chi connectivity index (χ3n) is 3.33. The van der Waals surface area contributed by atoms with Crippen LogP contribution < -0.4 is 11.1 Å². The molecule has 1 amide bonds. The van der Waals surface area contributed by atoms with Crippen LogP contribution >= 0.6 is 0 Å². The molecule has 0 unspecified atom stereocenters. The van der Waals surface area contributed by atoms with E-state index >= 15 is 0 Å². The van der Waals surface area contributed by atoms with Gasteiger partial charge in [-0.15, -0.1) is 0 Å². The van der Waals surface area contributed by atoms with Crippen LogP contribution in [0.2, 0.25) is 0 Å². The van der Waals surface area contributed by atoms with Crippen molar-refractivity contribution in [3.63, 3.8) is 0 Å². The molecule has 5 heteroatoms. The molecule has 0 radical (unpaired) electrons. The SMILES string of the molecule is Nc1ccc(-c2nc(C(=O)NC3CCC3)co2)cc1. The van der Waals surface area contributed by atoms with Crippen LogP contribution in [0.3, 0.4) is 0 Å². The molecule has 5 nitrogen and oxygen atoms in total. The molecular formula is C14H15N3O2. The Morgan fingerprint density at radius 1 is 1.32 bits per heavy atom. The summed E-state index contributed by atoms with van der Waals surface area (Å²) < 4.78 is 5.33. The predicted molar refractivity (Wildman–Crippen MR) is 71.5 cm³/mol. The molecule has 19 heavy (non-hydrogen) atoms. The monoisotopic (exact) mass is 257 g/mol. The van der Waals surface area contributed by atoms with E-state index in [0.29, 0.717) is 23.3 Å². The Balaban J connectivity index is 1.74. The summed E-state index contributed by atoms with van der Waals surface area (Å²) in [4.78, 5) is 16.1. The Morgan fingerprint density at radius 2 is 2.05 bits per heavy atom. The smallest absolute Gasteiger partial charge is 0.273 e. The van der Waals surface area contributed by atoms with Crippen molar-refractivity contribution >= 4 is 11.6 Å². The van der Waals surface area contributed by atoms with Crippen molar-refractivity contribution in [1.82, 2.24) is 10.3 Å². The van der Waals surface area contributed by atoms with E-state index in [-0.39, 0.29) is 5.91 Å². The Bertz CT molecular complexity index is 585. The van der Waals surface area contributed by atoms with Gasteiger partial charge in [0.15, 0.2) is 5.69 Å². The topological polar surface area (TPSA) is 81.1 Å². The maximum Gasteiger partial charge on any atom is 0.273 e. The van der Waals surface area contributed by atoms with Crippen LogP contribution in [0.1, 0.15) is 29.8 Å². The van der Waals surface area contributed by atoms with Crippen LogP contribution in [0, 0.1) is 0 Å². The highest BCUT2D eigenvalue weighted by Gasteiger charge is 2.22. The number of nitrogens with zero attached hydrogens (tertiary/aromatic N) is 1. The molecule has 0 bridgehead atoms. The number of oxazole rings is 1. The fourth-order valence-electron chi connectivity index (χ4n) is 1.95. The van der Waals surface area contributed by atoms with Gasteiger partial charge in [0, 0.05) is 17.3 Å². The molecule has 1 fully saturated rings. The van der Waals surface area contributed by atoms with Gasteiger partial charge in [0.25, 0.3) is 5.91 Å². The minimum atomic E-state index is -0.171. The number of nitrogens with one attached hydrogen (secondary N) is 1. The molecule has 0 atom stereocenters. The Kier molecular flexibility index (Phi) is 2.95. The Hall–Kier alpha value is -2.30. The van der Waals surface area contributed by atoms with Gasteiger partial charge in [-0.2, -0.15) is 0 Å². The van der Waals surface area contributed by atoms with Crippen molar-refractivity contribution in [2.24, 2.45) is 0 Å². The summed E-state index contributed by atoms with van der Waals surface area (Å²) in [6.07, 6.45) is 4.67. The zero-order valence-corrected chi connectivity index (χ0v) is 10.4. The number of anilines is 1. The second-order valence-corrected chi connectivity index (χ2v) is 4.76. The van der Waals surface area contributed by atoms with E-state index in [0.717, 1.165) is 18.4 Å². The van der Waals surface area contributed by atoms with Crippen molar-refractivity contribution in [3.05, 3.63) is 36.2 Å². The first-order chi connectivity index (χ1) is 9.22. The van der Waals surface area contributed by atoms with Crippen LogP contribution in [0.25, 0.3) is 11.5 Å². The maximum atomic E-state index is 11.9. The number of amides is 1. The van der Waals surface area contributed by atoms with Gasteiger partial charge < -0.3 is 15.5 Å². The molecule has 0 aliphatic heterocycles. The molecular weight excluding hydrogens is 242 g/mol. The minimum absolute atomic E-state index is 0.171. The molecule has 0 spiro atoms.